The first-order valence-electron chi connectivity index (χ1n) is 9.37. The second kappa shape index (κ2) is 9.31. The Kier molecular flexibility index (Phi) is 6.58. The first kappa shape index (κ1) is 20.5. The van der Waals surface area contributed by atoms with E-state index in [4.69, 9.17) is 4.74 Å². The van der Waals surface area contributed by atoms with E-state index < -0.39 is 17.5 Å². The fraction of sp³-hybridized carbons (Fsp3) is 0.350. The summed E-state index contributed by atoms with van der Waals surface area (Å²) in [4.78, 5) is 30.1. The summed E-state index contributed by atoms with van der Waals surface area (Å²) in [5, 5.41) is 5.95. The number of nitrogens with one attached hydrogen (secondary N) is 2. The van der Waals surface area contributed by atoms with Crippen molar-refractivity contribution in [2.75, 3.05) is 30.3 Å². The Labute approximate surface area is 167 Å². The van der Waals surface area contributed by atoms with Gasteiger partial charge in [0.1, 0.15) is 5.82 Å². The van der Waals surface area contributed by atoms with Crippen molar-refractivity contribution in [3.8, 4) is 0 Å². The predicted octanol–water partition coefficient (Wildman–Crippen LogP) is 3.64. The van der Waals surface area contributed by atoms with Crippen molar-refractivity contribution < 1.29 is 23.1 Å². The Bertz CT molecular complexity index is 886. The zero-order chi connectivity index (χ0) is 20.8. The average Bonchev–Trinajstić information content (AvgIpc) is 2.72. The minimum absolute atomic E-state index is 0.00134. The third kappa shape index (κ3) is 5.18. The molecular weight excluding hydrogens is 382 g/mol. The first-order chi connectivity index (χ1) is 14.0. The lowest BCUT2D eigenvalue weighted by Gasteiger charge is -2.32. The Balaban J connectivity index is 1.63. The van der Waals surface area contributed by atoms with Gasteiger partial charge in [0, 0.05) is 30.9 Å². The Hall–Kier alpha value is -3.23. The van der Waals surface area contributed by atoms with E-state index >= 15 is 0 Å². The average molecular weight is 404 g/mol. The van der Waals surface area contributed by atoms with E-state index in [-0.39, 0.29) is 17.7 Å². The number of nitrogens with zero attached hydrogens (tertiary/aromatic N) is 2. The van der Waals surface area contributed by atoms with E-state index in [1.54, 1.807) is 30.2 Å². The SMILES string of the molecule is CCOC(=O)N1CCC(Nc2ncccc2NC(=O)c2ccc(F)c(F)c2)CC1. The fourth-order valence-electron chi connectivity index (χ4n) is 3.07. The summed E-state index contributed by atoms with van der Waals surface area (Å²) in [5.41, 5.74) is 0.427. The number of halogens is 2. The van der Waals surface area contributed by atoms with E-state index in [2.05, 4.69) is 15.6 Å². The highest BCUT2D eigenvalue weighted by Gasteiger charge is 2.24. The van der Waals surface area contributed by atoms with Crippen LogP contribution >= 0.6 is 0 Å². The molecule has 0 unspecified atom stereocenters. The molecule has 1 aliphatic heterocycles. The van der Waals surface area contributed by atoms with E-state index in [1.807, 2.05) is 0 Å². The minimum Gasteiger partial charge on any atom is -0.450 e. The number of hydrogen-bond donors (Lipinski definition) is 2. The van der Waals surface area contributed by atoms with Crippen molar-refractivity contribution in [3.05, 3.63) is 53.7 Å². The number of amides is 2. The highest BCUT2D eigenvalue weighted by Crippen LogP contribution is 2.23. The predicted molar refractivity (Wildman–Crippen MR) is 104 cm³/mol. The summed E-state index contributed by atoms with van der Waals surface area (Å²) in [7, 11) is 0. The van der Waals surface area contributed by atoms with Crippen LogP contribution in [0.15, 0.2) is 36.5 Å². The molecule has 2 heterocycles. The molecule has 9 heteroatoms. The highest BCUT2D eigenvalue weighted by molar-refractivity contribution is 6.05. The molecule has 1 aromatic carbocycles. The van der Waals surface area contributed by atoms with Gasteiger partial charge < -0.3 is 20.3 Å². The van der Waals surface area contributed by atoms with Crippen LogP contribution in [0, 0.1) is 11.6 Å². The van der Waals surface area contributed by atoms with E-state index in [9.17, 15) is 18.4 Å². The molecule has 0 atom stereocenters. The van der Waals surface area contributed by atoms with E-state index in [0.29, 0.717) is 44.0 Å². The molecule has 0 spiro atoms. The minimum atomic E-state index is -1.09. The molecule has 0 radical (unpaired) electrons. The lowest BCUT2D eigenvalue weighted by Crippen LogP contribution is -2.42. The van der Waals surface area contributed by atoms with Gasteiger partial charge in [-0.25, -0.2) is 18.6 Å². The van der Waals surface area contributed by atoms with Crippen LogP contribution in [0.2, 0.25) is 0 Å². The topological polar surface area (TPSA) is 83.6 Å². The van der Waals surface area contributed by atoms with Crippen molar-refractivity contribution in [1.82, 2.24) is 9.88 Å². The Morgan fingerprint density at radius 2 is 1.97 bits per heavy atom. The van der Waals surface area contributed by atoms with Gasteiger partial charge in [0.05, 0.1) is 12.3 Å². The number of ether oxygens (including phenoxy) is 1. The number of hydrogen-bond acceptors (Lipinski definition) is 5. The maximum absolute atomic E-state index is 13.4. The molecule has 1 aliphatic rings. The summed E-state index contributed by atoms with van der Waals surface area (Å²) >= 11 is 0. The molecule has 2 aromatic rings. The van der Waals surface area contributed by atoms with Gasteiger partial charge in [0.2, 0.25) is 0 Å². The van der Waals surface area contributed by atoms with Crippen LogP contribution in [0.4, 0.5) is 25.1 Å². The number of benzene rings is 1. The molecule has 29 heavy (non-hydrogen) atoms. The van der Waals surface area contributed by atoms with Crippen LogP contribution < -0.4 is 10.6 Å². The number of rotatable bonds is 5. The molecule has 2 amide bonds. The zero-order valence-corrected chi connectivity index (χ0v) is 16.0. The van der Waals surface area contributed by atoms with Crippen LogP contribution in [-0.4, -0.2) is 47.6 Å². The molecular formula is C20H22F2N4O3. The Morgan fingerprint density at radius 3 is 2.66 bits per heavy atom. The number of carbonyl (C=O) groups is 2. The van der Waals surface area contributed by atoms with Crippen molar-refractivity contribution in [1.29, 1.82) is 0 Å². The van der Waals surface area contributed by atoms with Gasteiger partial charge in [-0.05, 0) is 50.1 Å². The summed E-state index contributed by atoms with van der Waals surface area (Å²) < 4.78 is 31.5. The van der Waals surface area contributed by atoms with Gasteiger partial charge in [0.25, 0.3) is 5.91 Å². The van der Waals surface area contributed by atoms with Crippen LogP contribution in [-0.2, 0) is 4.74 Å². The van der Waals surface area contributed by atoms with Crippen molar-refractivity contribution in [3.63, 3.8) is 0 Å². The molecule has 1 aromatic heterocycles. The van der Waals surface area contributed by atoms with Crippen LogP contribution in [0.25, 0.3) is 0 Å². The third-order valence-corrected chi connectivity index (χ3v) is 4.60. The largest absolute Gasteiger partial charge is 0.450 e. The fourth-order valence-corrected chi connectivity index (χ4v) is 3.07. The van der Waals surface area contributed by atoms with Gasteiger partial charge in [0.15, 0.2) is 11.6 Å². The highest BCUT2D eigenvalue weighted by atomic mass is 19.2. The number of piperidine rings is 1. The molecule has 0 saturated carbocycles. The number of carbonyl (C=O) groups excluding carboxylic acids is 2. The normalized spacial score (nSPS) is 14.4. The van der Waals surface area contributed by atoms with Crippen LogP contribution in [0.1, 0.15) is 30.1 Å². The number of likely N-dealkylation sites (tertiary alicyclic amines) is 1. The van der Waals surface area contributed by atoms with Crippen molar-refractivity contribution >= 4 is 23.5 Å². The van der Waals surface area contributed by atoms with Crippen molar-refractivity contribution in [2.24, 2.45) is 0 Å². The van der Waals surface area contributed by atoms with Crippen molar-refractivity contribution in [2.45, 2.75) is 25.8 Å². The molecule has 3 rings (SSSR count). The lowest BCUT2D eigenvalue weighted by atomic mass is 10.1. The number of aromatic nitrogens is 1. The number of pyridine rings is 1. The maximum atomic E-state index is 13.4. The van der Waals surface area contributed by atoms with E-state index in [0.717, 1.165) is 12.1 Å². The molecule has 0 aliphatic carbocycles. The number of anilines is 2. The quantitative estimate of drug-likeness (QED) is 0.795. The zero-order valence-electron chi connectivity index (χ0n) is 16.0. The molecule has 0 bridgehead atoms. The second-order valence-electron chi connectivity index (χ2n) is 6.59. The molecule has 1 fully saturated rings. The van der Waals surface area contributed by atoms with Crippen LogP contribution in [0.3, 0.4) is 0 Å². The van der Waals surface area contributed by atoms with Gasteiger partial charge in [-0.3, -0.25) is 4.79 Å². The molecule has 7 nitrogen and oxygen atoms in total. The first-order valence-corrected chi connectivity index (χ1v) is 9.37. The van der Waals surface area contributed by atoms with Gasteiger partial charge in [-0.15, -0.1) is 0 Å². The smallest absolute Gasteiger partial charge is 0.409 e. The van der Waals surface area contributed by atoms with Gasteiger partial charge in [-0.1, -0.05) is 0 Å². The molecule has 154 valence electrons. The molecule has 2 N–H and O–H groups in total. The summed E-state index contributed by atoms with van der Waals surface area (Å²) in [6.45, 7) is 3.22. The van der Waals surface area contributed by atoms with E-state index in [1.165, 1.54) is 6.07 Å². The molecule has 1 saturated heterocycles. The standard InChI is InChI=1S/C20H22F2N4O3/c1-2-29-20(28)26-10-7-14(8-11-26)24-18-17(4-3-9-23-18)25-19(27)13-5-6-15(21)16(22)12-13/h3-6,9,12,14H,2,7-8,10-11H2,1H3,(H,23,24)(H,25,27). The monoisotopic (exact) mass is 404 g/mol. The van der Waals surface area contributed by atoms with Gasteiger partial charge >= 0.3 is 6.09 Å². The third-order valence-electron chi connectivity index (χ3n) is 4.60. The lowest BCUT2D eigenvalue weighted by molar-refractivity contribution is 0.0981. The van der Waals surface area contributed by atoms with Crippen LogP contribution in [0.5, 0.6) is 0 Å². The second-order valence-corrected chi connectivity index (χ2v) is 6.59. The summed E-state index contributed by atoms with van der Waals surface area (Å²) in [6, 6.07) is 6.36. The summed E-state index contributed by atoms with van der Waals surface area (Å²) in [5.74, 6) is -2.20. The maximum Gasteiger partial charge on any atom is 0.409 e. The summed E-state index contributed by atoms with van der Waals surface area (Å²) in [6.07, 6.45) is 2.67. The Morgan fingerprint density at radius 1 is 1.21 bits per heavy atom. The van der Waals surface area contributed by atoms with Gasteiger partial charge in [-0.2, -0.15) is 0 Å².